The number of carbonyl (C=O) groups excluding carboxylic acids is 1. The van der Waals surface area contributed by atoms with Crippen LogP contribution in [0.15, 0.2) is 54.6 Å². The zero-order chi connectivity index (χ0) is 14.5. The van der Waals surface area contributed by atoms with Crippen molar-refractivity contribution in [3.8, 4) is 0 Å². The lowest BCUT2D eigenvalue weighted by atomic mass is 9.94. The fraction of sp³-hybridized carbons (Fsp3) is 0.235. The molecule has 0 amide bonds. The third-order valence-corrected chi connectivity index (χ3v) is 3.48. The molecule has 0 radical (unpaired) electrons. The van der Waals surface area contributed by atoms with Gasteiger partial charge in [0.2, 0.25) is 0 Å². The summed E-state index contributed by atoms with van der Waals surface area (Å²) in [6, 6.07) is 17.5. The van der Waals surface area contributed by atoms with Crippen molar-refractivity contribution in [3.05, 3.63) is 71.3 Å². The quantitative estimate of drug-likeness (QED) is 0.868. The van der Waals surface area contributed by atoms with Crippen LogP contribution in [0.5, 0.6) is 0 Å². The Bertz CT molecular complexity index is 581. The summed E-state index contributed by atoms with van der Waals surface area (Å²) in [6.07, 6.45) is 0. The number of carbonyl (C=O) groups is 1. The summed E-state index contributed by atoms with van der Waals surface area (Å²) in [5.74, 6) is -0.529. The number of ether oxygens (including phenoxy) is 1. The maximum Gasteiger partial charge on any atom is 0.312 e. The normalized spacial score (nSPS) is 13.6. The standard InChI is InChI=1S/C17H19NO2/c1-12(17(19)20-2)14-9-6-10-15(11-14)16(18)13-7-4-3-5-8-13/h3-12,16H,18H2,1-2H3. The third-order valence-electron chi connectivity index (χ3n) is 3.48. The first-order chi connectivity index (χ1) is 9.63. The summed E-state index contributed by atoms with van der Waals surface area (Å²) in [5, 5.41) is 0. The molecule has 0 heterocycles. The lowest BCUT2D eigenvalue weighted by molar-refractivity contribution is -0.141. The maximum atomic E-state index is 11.6. The van der Waals surface area contributed by atoms with Gasteiger partial charge in [-0.15, -0.1) is 0 Å². The lowest BCUT2D eigenvalue weighted by Crippen LogP contribution is -2.14. The SMILES string of the molecule is COC(=O)C(C)c1cccc(C(N)c2ccccc2)c1. The fourth-order valence-electron chi connectivity index (χ4n) is 2.19. The number of nitrogens with two attached hydrogens (primary N) is 1. The minimum Gasteiger partial charge on any atom is -0.469 e. The van der Waals surface area contributed by atoms with Gasteiger partial charge in [-0.1, -0.05) is 54.6 Å². The van der Waals surface area contributed by atoms with Crippen molar-refractivity contribution in [2.45, 2.75) is 18.9 Å². The van der Waals surface area contributed by atoms with E-state index in [4.69, 9.17) is 10.5 Å². The molecule has 0 spiro atoms. The first-order valence-corrected chi connectivity index (χ1v) is 6.61. The van der Waals surface area contributed by atoms with Crippen LogP contribution in [-0.2, 0) is 9.53 Å². The zero-order valence-electron chi connectivity index (χ0n) is 11.7. The highest BCUT2D eigenvalue weighted by molar-refractivity contribution is 5.77. The van der Waals surface area contributed by atoms with Gasteiger partial charge in [-0.25, -0.2) is 0 Å². The summed E-state index contributed by atoms with van der Waals surface area (Å²) in [5.41, 5.74) is 9.24. The predicted octanol–water partition coefficient (Wildman–Crippen LogP) is 3.01. The van der Waals surface area contributed by atoms with E-state index in [1.165, 1.54) is 7.11 Å². The topological polar surface area (TPSA) is 52.3 Å². The van der Waals surface area contributed by atoms with Crippen LogP contribution >= 0.6 is 0 Å². The van der Waals surface area contributed by atoms with Gasteiger partial charge in [-0.3, -0.25) is 4.79 Å². The van der Waals surface area contributed by atoms with Crippen molar-refractivity contribution in [1.82, 2.24) is 0 Å². The molecular formula is C17H19NO2. The maximum absolute atomic E-state index is 11.6. The van der Waals surface area contributed by atoms with Crippen LogP contribution in [0, 0.1) is 0 Å². The number of hydrogen-bond acceptors (Lipinski definition) is 3. The Morgan fingerprint density at radius 1 is 1.00 bits per heavy atom. The number of methoxy groups -OCH3 is 1. The lowest BCUT2D eigenvalue weighted by Gasteiger charge is -2.15. The molecule has 0 aliphatic rings. The van der Waals surface area contributed by atoms with E-state index in [0.717, 1.165) is 16.7 Å². The molecule has 0 saturated heterocycles. The summed E-state index contributed by atoms with van der Waals surface area (Å²) in [7, 11) is 1.40. The van der Waals surface area contributed by atoms with Crippen LogP contribution in [0.2, 0.25) is 0 Å². The predicted molar refractivity (Wildman–Crippen MR) is 79.3 cm³/mol. The Morgan fingerprint density at radius 2 is 1.60 bits per heavy atom. The highest BCUT2D eigenvalue weighted by Gasteiger charge is 2.17. The van der Waals surface area contributed by atoms with Crippen LogP contribution in [0.1, 0.15) is 35.6 Å². The minimum atomic E-state index is -0.289. The summed E-state index contributed by atoms with van der Waals surface area (Å²) in [6.45, 7) is 1.83. The van der Waals surface area contributed by atoms with Gasteiger partial charge in [0, 0.05) is 0 Å². The molecule has 0 aliphatic heterocycles. The first kappa shape index (κ1) is 14.3. The van der Waals surface area contributed by atoms with Crippen molar-refractivity contribution in [2.75, 3.05) is 7.11 Å². The van der Waals surface area contributed by atoms with E-state index in [1.807, 2.05) is 61.5 Å². The van der Waals surface area contributed by atoms with Crippen molar-refractivity contribution in [3.63, 3.8) is 0 Å². The van der Waals surface area contributed by atoms with Gasteiger partial charge in [0.15, 0.2) is 0 Å². The Morgan fingerprint density at radius 3 is 2.25 bits per heavy atom. The number of esters is 1. The van der Waals surface area contributed by atoms with E-state index in [0.29, 0.717) is 0 Å². The Kier molecular flexibility index (Phi) is 4.53. The first-order valence-electron chi connectivity index (χ1n) is 6.61. The molecule has 0 saturated carbocycles. The molecule has 2 aromatic rings. The highest BCUT2D eigenvalue weighted by atomic mass is 16.5. The second-order valence-corrected chi connectivity index (χ2v) is 4.80. The van der Waals surface area contributed by atoms with E-state index in [-0.39, 0.29) is 17.9 Å². The molecule has 2 N–H and O–H groups in total. The molecule has 3 nitrogen and oxygen atoms in total. The van der Waals surface area contributed by atoms with Crippen LogP contribution in [0.25, 0.3) is 0 Å². The van der Waals surface area contributed by atoms with E-state index in [1.54, 1.807) is 0 Å². The highest BCUT2D eigenvalue weighted by Crippen LogP contribution is 2.24. The van der Waals surface area contributed by atoms with Gasteiger partial charge in [-0.05, 0) is 23.6 Å². The molecule has 2 aromatic carbocycles. The van der Waals surface area contributed by atoms with E-state index in [9.17, 15) is 4.79 Å². The van der Waals surface area contributed by atoms with E-state index >= 15 is 0 Å². The van der Waals surface area contributed by atoms with Crippen molar-refractivity contribution in [2.24, 2.45) is 5.73 Å². The van der Waals surface area contributed by atoms with Gasteiger partial charge in [-0.2, -0.15) is 0 Å². The molecule has 104 valence electrons. The summed E-state index contributed by atoms with van der Waals surface area (Å²) in [4.78, 5) is 11.6. The zero-order valence-corrected chi connectivity index (χ0v) is 11.7. The van der Waals surface area contributed by atoms with E-state index in [2.05, 4.69) is 0 Å². The second kappa shape index (κ2) is 6.35. The molecule has 3 heteroatoms. The molecule has 20 heavy (non-hydrogen) atoms. The Hall–Kier alpha value is -2.13. The van der Waals surface area contributed by atoms with Gasteiger partial charge in [0.05, 0.1) is 19.1 Å². The minimum absolute atomic E-state index is 0.194. The van der Waals surface area contributed by atoms with Gasteiger partial charge in [0.25, 0.3) is 0 Å². The molecule has 0 bridgehead atoms. The number of rotatable bonds is 4. The Balaban J connectivity index is 2.28. The number of benzene rings is 2. The average Bonchev–Trinajstić information content (AvgIpc) is 2.53. The smallest absolute Gasteiger partial charge is 0.312 e. The molecule has 0 aliphatic carbocycles. The van der Waals surface area contributed by atoms with E-state index < -0.39 is 0 Å². The molecule has 2 rings (SSSR count). The van der Waals surface area contributed by atoms with Gasteiger partial charge in [0.1, 0.15) is 0 Å². The van der Waals surface area contributed by atoms with Crippen LogP contribution < -0.4 is 5.73 Å². The van der Waals surface area contributed by atoms with Gasteiger partial charge < -0.3 is 10.5 Å². The van der Waals surface area contributed by atoms with Crippen molar-refractivity contribution in [1.29, 1.82) is 0 Å². The van der Waals surface area contributed by atoms with Crippen molar-refractivity contribution >= 4 is 5.97 Å². The second-order valence-electron chi connectivity index (χ2n) is 4.80. The fourth-order valence-corrected chi connectivity index (χ4v) is 2.19. The monoisotopic (exact) mass is 269 g/mol. The summed E-state index contributed by atoms with van der Waals surface area (Å²) < 4.78 is 4.78. The Labute approximate surface area is 119 Å². The van der Waals surface area contributed by atoms with Crippen molar-refractivity contribution < 1.29 is 9.53 Å². The molecule has 0 fully saturated rings. The number of hydrogen-bond donors (Lipinski definition) is 1. The molecule has 0 aromatic heterocycles. The average molecular weight is 269 g/mol. The molecule has 2 unspecified atom stereocenters. The molecule has 2 atom stereocenters. The largest absolute Gasteiger partial charge is 0.469 e. The van der Waals surface area contributed by atoms with Crippen LogP contribution in [-0.4, -0.2) is 13.1 Å². The van der Waals surface area contributed by atoms with Gasteiger partial charge >= 0.3 is 5.97 Å². The van der Waals surface area contributed by atoms with Crippen LogP contribution in [0.3, 0.4) is 0 Å². The summed E-state index contributed by atoms with van der Waals surface area (Å²) >= 11 is 0. The van der Waals surface area contributed by atoms with Crippen LogP contribution in [0.4, 0.5) is 0 Å². The third kappa shape index (κ3) is 3.06. The molecular weight excluding hydrogens is 250 g/mol.